The van der Waals surface area contributed by atoms with Crippen molar-refractivity contribution in [3.63, 3.8) is 0 Å². The van der Waals surface area contributed by atoms with Crippen molar-refractivity contribution in [1.29, 1.82) is 0 Å². The van der Waals surface area contributed by atoms with Crippen LogP contribution in [0, 0.1) is 0 Å². The third-order valence-electron chi connectivity index (χ3n) is 3.43. The monoisotopic (exact) mass is 203 g/mol. The van der Waals surface area contributed by atoms with Gasteiger partial charge in [-0.05, 0) is 32.2 Å². The van der Waals surface area contributed by atoms with Crippen LogP contribution in [0.5, 0.6) is 0 Å². The van der Waals surface area contributed by atoms with Crippen molar-refractivity contribution >= 4 is 13.5 Å². The van der Waals surface area contributed by atoms with Crippen molar-refractivity contribution in [1.82, 2.24) is 5.32 Å². The molecule has 0 radical (unpaired) electrons. The summed E-state index contributed by atoms with van der Waals surface area (Å²) in [5, 5.41) is 13.7. The van der Waals surface area contributed by atoms with Crippen molar-refractivity contribution in [2.24, 2.45) is 0 Å². The van der Waals surface area contributed by atoms with Gasteiger partial charge in [0.15, 0.2) is 0 Å². The molecule has 2 N–H and O–H groups in total. The van der Waals surface area contributed by atoms with Crippen molar-refractivity contribution in [2.75, 3.05) is 6.54 Å². The number of hydrogen-bond donors (Lipinski definition) is 2. The highest BCUT2D eigenvalue weighted by atomic mass is 32.1. The van der Waals surface area contributed by atoms with Gasteiger partial charge in [0.25, 0.3) is 0 Å². The highest BCUT2D eigenvalue weighted by Gasteiger charge is 2.38. The van der Waals surface area contributed by atoms with Crippen molar-refractivity contribution in [3.8, 4) is 0 Å². The smallest absolute Gasteiger partial charge is 0.0800 e. The minimum Gasteiger partial charge on any atom is -0.388 e. The summed E-state index contributed by atoms with van der Waals surface area (Å²) in [5.41, 5.74) is -0.352. The molecule has 1 aliphatic carbocycles. The van der Waals surface area contributed by atoms with Crippen LogP contribution < -0.4 is 5.32 Å². The lowest BCUT2D eigenvalue weighted by atomic mass is 9.79. The van der Waals surface area contributed by atoms with Gasteiger partial charge in [0.05, 0.1) is 5.60 Å². The maximum Gasteiger partial charge on any atom is 0.0800 e. The van der Waals surface area contributed by atoms with Crippen LogP contribution in [0.3, 0.4) is 0 Å². The van der Waals surface area contributed by atoms with Gasteiger partial charge in [-0.15, -0.1) is 0 Å². The van der Waals surface area contributed by atoms with E-state index in [1.807, 2.05) is 0 Å². The molecule has 0 aromatic carbocycles. The zero-order chi connectivity index (χ0) is 8.44. The van der Waals surface area contributed by atoms with E-state index in [9.17, 15) is 5.11 Å². The van der Waals surface area contributed by atoms with Gasteiger partial charge in [-0.3, -0.25) is 0 Å². The largest absolute Gasteiger partial charge is 0.388 e. The molecular formula is C10H21NOS. The second kappa shape index (κ2) is 4.67. The van der Waals surface area contributed by atoms with Crippen molar-refractivity contribution < 1.29 is 5.11 Å². The zero-order valence-electron chi connectivity index (χ0n) is 8.18. The summed E-state index contributed by atoms with van der Waals surface area (Å²) in [6.07, 6.45) is 8.21. The molecule has 1 heterocycles. The minimum atomic E-state index is -0.352. The van der Waals surface area contributed by atoms with Crippen molar-refractivity contribution in [2.45, 2.75) is 56.6 Å². The molecular weight excluding hydrogens is 182 g/mol. The first-order valence-corrected chi connectivity index (χ1v) is 5.27. The van der Waals surface area contributed by atoms with Crippen LogP contribution in [0.1, 0.15) is 44.9 Å². The standard InChI is InChI=1S/C10H19NO.H2S/c12-10(6-2-1-3-7-10)9-5-4-8-11-9;/h9,11-12H,1-8H2;1H2/t9-;/m0./s1. The average molecular weight is 203 g/mol. The van der Waals surface area contributed by atoms with Gasteiger partial charge in [0.2, 0.25) is 0 Å². The van der Waals surface area contributed by atoms with Crippen LogP contribution in [-0.4, -0.2) is 23.3 Å². The van der Waals surface area contributed by atoms with Gasteiger partial charge in [-0.25, -0.2) is 0 Å². The second-order valence-electron chi connectivity index (χ2n) is 4.31. The Bertz CT molecular complexity index is 151. The molecule has 0 aromatic rings. The Morgan fingerprint density at radius 2 is 1.77 bits per heavy atom. The molecule has 3 heteroatoms. The van der Waals surface area contributed by atoms with Crippen LogP contribution >= 0.6 is 13.5 Å². The first kappa shape index (κ1) is 11.3. The van der Waals surface area contributed by atoms with Gasteiger partial charge in [0.1, 0.15) is 0 Å². The van der Waals surface area contributed by atoms with Crippen LogP contribution in [0.2, 0.25) is 0 Å². The van der Waals surface area contributed by atoms with E-state index in [2.05, 4.69) is 5.32 Å². The van der Waals surface area contributed by atoms with E-state index >= 15 is 0 Å². The number of aliphatic hydroxyl groups is 1. The molecule has 1 atom stereocenters. The molecule has 1 aliphatic heterocycles. The van der Waals surface area contributed by atoms with Gasteiger partial charge in [0, 0.05) is 6.04 Å². The van der Waals surface area contributed by atoms with Crippen LogP contribution in [0.4, 0.5) is 0 Å². The summed E-state index contributed by atoms with van der Waals surface area (Å²) in [4.78, 5) is 0. The Morgan fingerprint density at radius 3 is 2.31 bits per heavy atom. The molecule has 2 aliphatic rings. The van der Waals surface area contributed by atoms with E-state index in [1.54, 1.807) is 0 Å². The Balaban J connectivity index is 0.000000845. The molecule has 0 spiro atoms. The van der Waals surface area contributed by atoms with Gasteiger partial charge < -0.3 is 10.4 Å². The third kappa shape index (κ3) is 2.39. The molecule has 2 nitrogen and oxygen atoms in total. The fraction of sp³-hybridized carbons (Fsp3) is 1.00. The normalized spacial score (nSPS) is 32.5. The summed E-state index contributed by atoms with van der Waals surface area (Å²) < 4.78 is 0. The highest BCUT2D eigenvalue weighted by Crippen LogP contribution is 2.33. The lowest BCUT2D eigenvalue weighted by Gasteiger charge is -2.37. The molecule has 2 rings (SSSR count). The molecule has 78 valence electrons. The maximum atomic E-state index is 10.3. The molecule has 2 fully saturated rings. The lowest BCUT2D eigenvalue weighted by molar-refractivity contribution is -0.0250. The van der Waals surface area contributed by atoms with E-state index in [-0.39, 0.29) is 19.1 Å². The Hall–Kier alpha value is 0.270. The average Bonchev–Trinajstić information content (AvgIpc) is 2.58. The maximum absolute atomic E-state index is 10.3. The lowest BCUT2D eigenvalue weighted by Crippen LogP contribution is -2.48. The quantitative estimate of drug-likeness (QED) is 0.677. The third-order valence-corrected chi connectivity index (χ3v) is 3.43. The van der Waals surface area contributed by atoms with Crippen LogP contribution in [0.15, 0.2) is 0 Å². The first-order chi connectivity index (χ1) is 5.81. The fourth-order valence-corrected chi connectivity index (χ4v) is 2.66. The number of nitrogens with one attached hydrogen (secondary N) is 1. The van der Waals surface area contributed by atoms with E-state index in [0.29, 0.717) is 6.04 Å². The Kier molecular flexibility index (Phi) is 4.07. The van der Waals surface area contributed by atoms with E-state index in [1.165, 1.54) is 32.1 Å². The topological polar surface area (TPSA) is 32.3 Å². The zero-order valence-corrected chi connectivity index (χ0v) is 9.18. The summed E-state index contributed by atoms with van der Waals surface area (Å²) in [5.74, 6) is 0. The molecule has 0 unspecified atom stereocenters. The second-order valence-corrected chi connectivity index (χ2v) is 4.31. The van der Waals surface area contributed by atoms with E-state index in [0.717, 1.165) is 19.4 Å². The minimum absolute atomic E-state index is 0. The summed E-state index contributed by atoms with van der Waals surface area (Å²) in [6.45, 7) is 1.10. The predicted molar refractivity (Wildman–Crippen MR) is 59.4 cm³/mol. The summed E-state index contributed by atoms with van der Waals surface area (Å²) >= 11 is 0. The first-order valence-electron chi connectivity index (χ1n) is 5.27. The van der Waals surface area contributed by atoms with Gasteiger partial charge in [-0.1, -0.05) is 19.3 Å². The molecule has 1 saturated carbocycles. The van der Waals surface area contributed by atoms with E-state index < -0.39 is 0 Å². The molecule has 0 bridgehead atoms. The van der Waals surface area contributed by atoms with Crippen molar-refractivity contribution in [3.05, 3.63) is 0 Å². The molecule has 13 heavy (non-hydrogen) atoms. The van der Waals surface area contributed by atoms with Gasteiger partial charge in [-0.2, -0.15) is 13.5 Å². The summed E-state index contributed by atoms with van der Waals surface area (Å²) in [6, 6.07) is 0.401. The van der Waals surface area contributed by atoms with Crippen LogP contribution in [-0.2, 0) is 0 Å². The predicted octanol–water partition coefficient (Wildman–Crippen LogP) is 1.55. The van der Waals surface area contributed by atoms with Gasteiger partial charge >= 0.3 is 0 Å². The Labute approximate surface area is 87.5 Å². The Morgan fingerprint density at radius 1 is 1.08 bits per heavy atom. The molecule has 0 aromatic heterocycles. The van der Waals surface area contributed by atoms with Crippen LogP contribution in [0.25, 0.3) is 0 Å². The number of hydrogen-bond acceptors (Lipinski definition) is 2. The number of rotatable bonds is 1. The van der Waals surface area contributed by atoms with E-state index in [4.69, 9.17) is 0 Å². The summed E-state index contributed by atoms with van der Waals surface area (Å²) in [7, 11) is 0. The SMILES string of the molecule is OC1([C@@H]2CCCN2)CCCCC1.S. The highest BCUT2D eigenvalue weighted by molar-refractivity contribution is 7.59. The fourth-order valence-electron chi connectivity index (χ4n) is 2.66. The molecule has 1 saturated heterocycles. The molecule has 0 amide bonds.